The highest BCUT2D eigenvalue weighted by Crippen LogP contribution is 2.18. The first-order valence-electron chi connectivity index (χ1n) is 10.8. The van der Waals surface area contributed by atoms with Crippen molar-refractivity contribution in [3.8, 4) is 5.75 Å². The summed E-state index contributed by atoms with van der Waals surface area (Å²) in [5.74, 6) is 0.636. The number of carbonyl (C=O) groups excluding carboxylic acids is 1. The first-order valence-corrected chi connectivity index (χ1v) is 10.8. The maximum absolute atomic E-state index is 13.5. The summed E-state index contributed by atoms with van der Waals surface area (Å²) in [6.07, 6.45) is 0. The number of amides is 1. The monoisotopic (exact) mass is 449 g/mol. The zero-order chi connectivity index (χ0) is 23.9. The lowest BCUT2D eigenvalue weighted by molar-refractivity contribution is 0.0943. The summed E-state index contributed by atoms with van der Waals surface area (Å²) in [7, 11) is 1.58. The Labute approximate surface area is 190 Å². The summed E-state index contributed by atoms with van der Waals surface area (Å²) in [4.78, 5) is 39.3. The van der Waals surface area contributed by atoms with Gasteiger partial charge in [-0.1, -0.05) is 12.1 Å². The molecule has 0 spiro atoms. The molecule has 0 aliphatic carbocycles. The van der Waals surface area contributed by atoms with E-state index in [4.69, 9.17) is 4.74 Å². The minimum Gasteiger partial charge on any atom is -0.497 e. The molecule has 9 nitrogen and oxygen atoms in total. The third-order valence-electron chi connectivity index (χ3n) is 5.39. The van der Waals surface area contributed by atoms with Gasteiger partial charge in [-0.05, 0) is 63.6 Å². The average Bonchev–Trinajstić information content (AvgIpc) is 3.08. The van der Waals surface area contributed by atoms with Gasteiger partial charge in [0.2, 0.25) is 5.78 Å². The van der Waals surface area contributed by atoms with Crippen LogP contribution in [-0.2, 0) is 6.54 Å². The van der Waals surface area contributed by atoms with Gasteiger partial charge >= 0.3 is 5.69 Å². The average molecular weight is 450 g/mol. The summed E-state index contributed by atoms with van der Waals surface area (Å²) in [5, 5.41) is 7.69. The lowest BCUT2D eigenvalue weighted by Gasteiger charge is -2.13. The number of aromatic nitrogens is 4. The molecule has 0 radical (unpaired) electrons. The van der Waals surface area contributed by atoms with Gasteiger partial charge in [0.15, 0.2) is 0 Å². The predicted molar refractivity (Wildman–Crippen MR) is 126 cm³/mol. The normalized spacial score (nSPS) is 11.6. The number of methoxy groups -OCH3 is 1. The zero-order valence-electron chi connectivity index (χ0n) is 19.3. The number of hydrogen-bond donors (Lipinski definition) is 1. The number of nitrogens with one attached hydrogen (secondary N) is 1. The van der Waals surface area contributed by atoms with Crippen molar-refractivity contribution in [1.82, 2.24) is 24.1 Å². The largest absolute Gasteiger partial charge is 0.497 e. The highest BCUT2D eigenvalue weighted by molar-refractivity contribution is 5.98. The number of nitrogens with zero attached hydrogens (tertiary/aromatic N) is 4. The number of rotatable bonds is 6. The van der Waals surface area contributed by atoms with Gasteiger partial charge in [0.1, 0.15) is 5.75 Å². The van der Waals surface area contributed by atoms with E-state index in [0.29, 0.717) is 22.2 Å². The third kappa shape index (κ3) is 4.02. The standard InChI is InChI=1S/C24H27N5O4/c1-14(2)25-21(30)17-9-10-19-20(12-17)29-23(28(15(3)4)22(19)31)26-27(24(29)32)13-16-7-6-8-18(11-16)33-5/h6-12,14-15H,13H2,1-5H3,(H,25,30). The Kier molecular flexibility index (Phi) is 5.80. The lowest BCUT2D eigenvalue weighted by atomic mass is 10.1. The van der Waals surface area contributed by atoms with Gasteiger partial charge in [0.25, 0.3) is 11.5 Å². The lowest BCUT2D eigenvalue weighted by Crippen LogP contribution is -2.31. The number of benzene rings is 2. The molecule has 1 N–H and O–H groups in total. The van der Waals surface area contributed by atoms with Crippen molar-refractivity contribution >= 4 is 22.6 Å². The molecule has 4 rings (SSSR count). The summed E-state index contributed by atoms with van der Waals surface area (Å²) >= 11 is 0. The van der Waals surface area contributed by atoms with Crippen LogP contribution in [0.1, 0.15) is 49.7 Å². The molecule has 0 bridgehead atoms. The molecular formula is C24H27N5O4. The molecule has 33 heavy (non-hydrogen) atoms. The van der Waals surface area contributed by atoms with Crippen LogP contribution in [0.3, 0.4) is 0 Å². The third-order valence-corrected chi connectivity index (χ3v) is 5.39. The number of carbonyl (C=O) groups is 1. The minimum absolute atomic E-state index is 0.0458. The fourth-order valence-corrected chi connectivity index (χ4v) is 3.88. The molecule has 0 saturated heterocycles. The first kappa shape index (κ1) is 22.3. The maximum atomic E-state index is 13.5. The molecule has 9 heteroatoms. The quantitative estimate of drug-likeness (QED) is 0.488. The molecule has 2 aromatic heterocycles. The second kappa shape index (κ2) is 8.57. The van der Waals surface area contributed by atoms with E-state index in [9.17, 15) is 14.4 Å². The van der Waals surface area contributed by atoms with Crippen LogP contribution in [0.5, 0.6) is 5.75 Å². The van der Waals surface area contributed by atoms with Gasteiger partial charge in [0, 0.05) is 17.6 Å². The van der Waals surface area contributed by atoms with Crippen molar-refractivity contribution in [2.24, 2.45) is 0 Å². The first-order chi connectivity index (χ1) is 15.7. The van der Waals surface area contributed by atoms with E-state index in [2.05, 4.69) is 10.4 Å². The molecule has 0 fully saturated rings. The van der Waals surface area contributed by atoms with Crippen molar-refractivity contribution in [1.29, 1.82) is 0 Å². The van der Waals surface area contributed by atoms with Gasteiger partial charge in [0.05, 0.1) is 24.6 Å². The van der Waals surface area contributed by atoms with Gasteiger partial charge in [-0.3, -0.25) is 14.2 Å². The van der Waals surface area contributed by atoms with Gasteiger partial charge < -0.3 is 10.1 Å². The van der Waals surface area contributed by atoms with Crippen LogP contribution in [-0.4, -0.2) is 37.8 Å². The van der Waals surface area contributed by atoms with Crippen LogP contribution >= 0.6 is 0 Å². The predicted octanol–water partition coefficient (Wildman–Crippen LogP) is 2.59. The van der Waals surface area contributed by atoms with Crippen molar-refractivity contribution < 1.29 is 9.53 Å². The zero-order valence-corrected chi connectivity index (χ0v) is 19.3. The molecule has 0 saturated carbocycles. The maximum Gasteiger partial charge on any atom is 0.352 e. The highest BCUT2D eigenvalue weighted by atomic mass is 16.5. The molecule has 1 amide bonds. The SMILES string of the molecule is COc1cccc(Cn2nc3n(C(C)C)c(=O)c4ccc(C(=O)NC(C)C)cc4n3c2=O)c1. The second-order valence-corrected chi connectivity index (χ2v) is 8.56. The van der Waals surface area contributed by atoms with Gasteiger partial charge in [-0.15, -0.1) is 5.10 Å². The molecule has 0 aliphatic rings. The molecule has 172 valence electrons. The van der Waals surface area contributed by atoms with Crippen LogP contribution in [0, 0.1) is 0 Å². The Balaban J connectivity index is 1.98. The van der Waals surface area contributed by atoms with E-state index in [-0.39, 0.29) is 35.9 Å². The fourth-order valence-electron chi connectivity index (χ4n) is 3.88. The molecule has 2 heterocycles. The Hall–Kier alpha value is -3.88. The molecule has 0 atom stereocenters. The van der Waals surface area contributed by atoms with Gasteiger partial charge in [-0.25, -0.2) is 13.9 Å². The van der Waals surface area contributed by atoms with Crippen LogP contribution in [0.15, 0.2) is 52.1 Å². The van der Waals surface area contributed by atoms with E-state index in [0.717, 1.165) is 5.56 Å². The smallest absolute Gasteiger partial charge is 0.352 e. The van der Waals surface area contributed by atoms with E-state index in [1.807, 2.05) is 52.0 Å². The highest BCUT2D eigenvalue weighted by Gasteiger charge is 2.20. The van der Waals surface area contributed by atoms with E-state index >= 15 is 0 Å². The van der Waals surface area contributed by atoms with E-state index < -0.39 is 5.69 Å². The minimum atomic E-state index is -0.395. The summed E-state index contributed by atoms with van der Waals surface area (Å²) in [5.41, 5.74) is 0.895. The van der Waals surface area contributed by atoms with Crippen molar-refractivity contribution in [3.63, 3.8) is 0 Å². The van der Waals surface area contributed by atoms with E-state index in [1.54, 1.807) is 25.3 Å². The van der Waals surface area contributed by atoms with Crippen molar-refractivity contribution in [2.75, 3.05) is 7.11 Å². The van der Waals surface area contributed by atoms with E-state index in [1.165, 1.54) is 13.6 Å². The van der Waals surface area contributed by atoms with Crippen LogP contribution in [0.2, 0.25) is 0 Å². The van der Waals surface area contributed by atoms with Crippen LogP contribution < -0.4 is 21.3 Å². The van der Waals surface area contributed by atoms with Crippen molar-refractivity contribution in [3.05, 3.63) is 74.4 Å². The van der Waals surface area contributed by atoms with Gasteiger partial charge in [-0.2, -0.15) is 0 Å². The van der Waals surface area contributed by atoms with Crippen molar-refractivity contribution in [2.45, 2.75) is 46.3 Å². The topological polar surface area (TPSA) is 99.6 Å². The fraction of sp³-hybridized carbons (Fsp3) is 0.333. The summed E-state index contributed by atoms with van der Waals surface area (Å²) < 4.78 is 9.50. The summed E-state index contributed by atoms with van der Waals surface area (Å²) in [6, 6.07) is 11.9. The van der Waals surface area contributed by atoms with Crippen LogP contribution in [0.25, 0.3) is 16.7 Å². The number of ether oxygens (including phenoxy) is 1. The number of fused-ring (bicyclic) bond motifs is 3. The van der Waals surface area contributed by atoms with Crippen LogP contribution in [0.4, 0.5) is 0 Å². The Morgan fingerprint density at radius 3 is 2.52 bits per heavy atom. The Morgan fingerprint density at radius 2 is 1.85 bits per heavy atom. The number of hydrogen-bond acceptors (Lipinski definition) is 5. The molecular weight excluding hydrogens is 422 g/mol. The molecule has 0 aliphatic heterocycles. The molecule has 2 aromatic carbocycles. The Morgan fingerprint density at radius 1 is 1.09 bits per heavy atom. The molecule has 4 aromatic rings. The molecule has 0 unspecified atom stereocenters. The second-order valence-electron chi connectivity index (χ2n) is 8.56. The Bertz CT molecular complexity index is 1480. The summed E-state index contributed by atoms with van der Waals surface area (Å²) in [6.45, 7) is 7.67.